The molecule has 0 aliphatic heterocycles. The van der Waals surface area contributed by atoms with Gasteiger partial charge in [-0.05, 0) is 31.0 Å². The fourth-order valence-electron chi connectivity index (χ4n) is 3.05. The van der Waals surface area contributed by atoms with Gasteiger partial charge in [0.1, 0.15) is 5.52 Å². The number of nitrogens with zero attached hydrogens (tertiary/aromatic N) is 1. The standard InChI is InChI=1S/C17H23N3O3/c1-10(2)16-19-14-8-12(6-7-15(14)23-16)18-17(22)20-13-5-3-4-11(13)9-21/h6-8,10-11,13,21H,3-5,9H2,1-2H3,(H2,18,20,22). The summed E-state index contributed by atoms with van der Waals surface area (Å²) in [7, 11) is 0. The smallest absolute Gasteiger partial charge is 0.319 e. The highest BCUT2D eigenvalue weighted by Gasteiger charge is 2.27. The highest BCUT2D eigenvalue weighted by molar-refractivity contribution is 5.91. The van der Waals surface area contributed by atoms with Crippen molar-refractivity contribution in [3.63, 3.8) is 0 Å². The molecule has 0 bridgehead atoms. The lowest BCUT2D eigenvalue weighted by molar-refractivity contribution is 0.203. The van der Waals surface area contributed by atoms with Gasteiger partial charge >= 0.3 is 6.03 Å². The van der Waals surface area contributed by atoms with E-state index < -0.39 is 0 Å². The van der Waals surface area contributed by atoms with Crippen LogP contribution in [0, 0.1) is 5.92 Å². The number of anilines is 1. The van der Waals surface area contributed by atoms with Crippen LogP contribution in [0.25, 0.3) is 11.1 Å². The van der Waals surface area contributed by atoms with Gasteiger partial charge in [-0.1, -0.05) is 20.3 Å². The number of hydrogen-bond donors (Lipinski definition) is 3. The fourth-order valence-corrected chi connectivity index (χ4v) is 3.05. The van der Waals surface area contributed by atoms with Crippen LogP contribution in [-0.4, -0.2) is 28.8 Å². The second-order valence-corrected chi connectivity index (χ2v) is 6.47. The quantitative estimate of drug-likeness (QED) is 0.808. The van der Waals surface area contributed by atoms with Crippen LogP contribution in [0.15, 0.2) is 22.6 Å². The van der Waals surface area contributed by atoms with Gasteiger partial charge in [0, 0.05) is 30.2 Å². The van der Waals surface area contributed by atoms with E-state index in [4.69, 9.17) is 4.42 Å². The van der Waals surface area contributed by atoms with Crippen LogP contribution in [0.4, 0.5) is 10.5 Å². The number of carbonyl (C=O) groups is 1. The molecule has 1 fully saturated rings. The summed E-state index contributed by atoms with van der Waals surface area (Å²) in [6.45, 7) is 4.17. The van der Waals surface area contributed by atoms with Crippen molar-refractivity contribution in [3.05, 3.63) is 24.1 Å². The number of nitrogens with one attached hydrogen (secondary N) is 2. The van der Waals surface area contributed by atoms with Crippen molar-refractivity contribution < 1.29 is 14.3 Å². The number of hydrogen-bond acceptors (Lipinski definition) is 4. The van der Waals surface area contributed by atoms with E-state index in [1.54, 1.807) is 6.07 Å². The molecule has 23 heavy (non-hydrogen) atoms. The first-order valence-electron chi connectivity index (χ1n) is 8.15. The normalized spacial score (nSPS) is 21.0. The van der Waals surface area contributed by atoms with Gasteiger partial charge in [-0.3, -0.25) is 0 Å². The molecule has 2 amide bonds. The Morgan fingerprint density at radius 1 is 1.43 bits per heavy atom. The molecule has 6 nitrogen and oxygen atoms in total. The fraction of sp³-hybridized carbons (Fsp3) is 0.529. The summed E-state index contributed by atoms with van der Waals surface area (Å²) in [5.74, 6) is 1.07. The Hall–Kier alpha value is -2.08. The molecular weight excluding hydrogens is 294 g/mol. The Morgan fingerprint density at radius 2 is 2.26 bits per heavy atom. The van der Waals surface area contributed by atoms with Crippen LogP contribution < -0.4 is 10.6 Å². The van der Waals surface area contributed by atoms with Crippen molar-refractivity contribution in [3.8, 4) is 0 Å². The Balaban J connectivity index is 1.67. The van der Waals surface area contributed by atoms with Gasteiger partial charge in [-0.15, -0.1) is 0 Å². The number of aromatic nitrogens is 1. The maximum atomic E-state index is 12.1. The first-order valence-corrected chi connectivity index (χ1v) is 8.15. The molecule has 1 aliphatic carbocycles. The van der Waals surface area contributed by atoms with Gasteiger partial charge in [0.25, 0.3) is 0 Å². The number of oxazole rings is 1. The van der Waals surface area contributed by atoms with Crippen LogP contribution >= 0.6 is 0 Å². The number of rotatable bonds is 4. The largest absolute Gasteiger partial charge is 0.440 e. The number of amides is 2. The summed E-state index contributed by atoms with van der Waals surface area (Å²) in [4.78, 5) is 16.6. The third-order valence-corrected chi connectivity index (χ3v) is 4.37. The third-order valence-electron chi connectivity index (χ3n) is 4.37. The summed E-state index contributed by atoms with van der Waals surface area (Å²) < 4.78 is 5.66. The molecule has 0 radical (unpaired) electrons. The van der Waals surface area contributed by atoms with E-state index in [1.165, 1.54) is 0 Å². The van der Waals surface area contributed by atoms with E-state index in [1.807, 2.05) is 26.0 Å². The van der Waals surface area contributed by atoms with Gasteiger partial charge in [-0.25, -0.2) is 9.78 Å². The number of carbonyl (C=O) groups excluding carboxylic acids is 1. The highest BCUT2D eigenvalue weighted by Crippen LogP contribution is 2.26. The first-order chi connectivity index (χ1) is 11.1. The molecule has 2 unspecified atom stereocenters. The molecule has 124 valence electrons. The second-order valence-electron chi connectivity index (χ2n) is 6.47. The van der Waals surface area contributed by atoms with Crippen molar-refractivity contribution >= 4 is 22.8 Å². The molecule has 1 aromatic heterocycles. The minimum Gasteiger partial charge on any atom is -0.440 e. The minimum absolute atomic E-state index is 0.0447. The van der Waals surface area contributed by atoms with Crippen molar-refractivity contribution in [1.29, 1.82) is 0 Å². The van der Waals surface area contributed by atoms with Crippen LogP contribution in [0.1, 0.15) is 44.9 Å². The Morgan fingerprint density at radius 3 is 3.00 bits per heavy atom. The van der Waals surface area contributed by atoms with Crippen molar-refractivity contribution in [1.82, 2.24) is 10.3 Å². The van der Waals surface area contributed by atoms with E-state index in [0.29, 0.717) is 11.6 Å². The molecule has 3 rings (SSSR count). The van der Waals surface area contributed by atoms with Crippen LogP contribution in [0.5, 0.6) is 0 Å². The number of fused-ring (bicyclic) bond motifs is 1. The molecule has 2 aromatic rings. The SMILES string of the molecule is CC(C)c1nc2cc(NC(=O)NC3CCCC3CO)ccc2o1. The van der Waals surface area contributed by atoms with Crippen molar-refractivity contribution in [2.45, 2.75) is 45.1 Å². The Labute approximate surface area is 135 Å². The number of aliphatic hydroxyl groups is 1. The summed E-state index contributed by atoms with van der Waals surface area (Å²) in [5.41, 5.74) is 2.13. The van der Waals surface area contributed by atoms with E-state index in [0.717, 1.165) is 30.4 Å². The number of urea groups is 1. The average Bonchev–Trinajstić information content (AvgIpc) is 3.12. The maximum absolute atomic E-state index is 12.1. The maximum Gasteiger partial charge on any atom is 0.319 e. The molecule has 6 heteroatoms. The van der Waals surface area contributed by atoms with Crippen molar-refractivity contribution in [2.24, 2.45) is 5.92 Å². The minimum atomic E-state index is -0.248. The molecule has 0 spiro atoms. The monoisotopic (exact) mass is 317 g/mol. The molecule has 1 heterocycles. The molecule has 1 aromatic carbocycles. The van der Waals surface area contributed by atoms with E-state index in [2.05, 4.69) is 15.6 Å². The van der Waals surface area contributed by atoms with Crippen LogP contribution in [0.2, 0.25) is 0 Å². The zero-order valence-electron chi connectivity index (χ0n) is 13.5. The predicted molar refractivity (Wildman–Crippen MR) is 88.5 cm³/mol. The predicted octanol–water partition coefficient (Wildman–Crippen LogP) is 3.23. The average molecular weight is 317 g/mol. The lowest BCUT2D eigenvalue weighted by atomic mass is 10.1. The van der Waals surface area contributed by atoms with Gasteiger partial charge in [0.2, 0.25) is 0 Å². The highest BCUT2D eigenvalue weighted by atomic mass is 16.3. The summed E-state index contributed by atoms with van der Waals surface area (Å²) in [6.07, 6.45) is 2.92. The van der Waals surface area contributed by atoms with Crippen LogP contribution in [0.3, 0.4) is 0 Å². The van der Waals surface area contributed by atoms with E-state index in [-0.39, 0.29) is 30.5 Å². The second kappa shape index (κ2) is 6.58. The van der Waals surface area contributed by atoms with Gasteiger partial charge < -0.3 is 20.2 Å². The molecule has 1 aliphatic rings. The van der Waals surface area contributed by atoms with Gasteiger partial charge in [0.15, 0.2) is 11.5 Å². The lowest BCUT2D eigenvalue weighted by Crippen LogP contribution is -2.41. The first kappa shape index (κ1) is 15.8. The Kier molecular flexibility index (Phi) is 4.52. The Bertz CT molecular complexity index is 695. The lowest BCUT2D eigenvalue weighted by Gasteiger charge is -2.19. The topological polar surface area (TPSA) is 87.4 Å². The van der Waals surface area contributed by atoms with Gasteiger partial charge in [0.05, 0.1) is 0 Å². The molecular formula is C17H23N3O3. The molecule has 3 N–H and O–H groups in total. The molecule has 2 atom stereocenters. The van der Waals surface area contributed by atoms with Crippen molar-refractivity contribution in [2.75, 3.05) is 11.9 Å². The van der Waals surface area contributed by atoms with Crippen LogP contribution in [-0.2, 0) is 0 Å². The number of aliphatic hydroxyl groups excluding tert-OH is 1. The van der Waals surface area contributed by atoms with E-state index >= 15 is 0 Å². The summed E-state index contributed by atoms with van der Waals surface area (Å²) in [6, 6.07) is 5.22. The zero-order chi connectivity index (χ0) is 16.4. The number of benzene rings is 1. The molecule has 1 saturated carbocycles. The zero-order valence-corrected chi connectivity index (χ0v) is 13.5. The van der Waals surface area contributed by atoms with Gasteiger partial charge in [-0.2, -0.15) is 0 Å². The summed E-state index contributed by atoms with van der Waals surface area (Å²) in [5, 5.41) is 15.1. The van der Waals surface area contributed by atoms with E-state index in [9.17, 15) is 9.90 Å². The summed E-state index contributed by atoms with van der Waals surface area (Å²) >= 11 is 0. The molecule has 0 saturated heterocycles. The third kappa shape index (κ3) is 3.47.